The summed E-state index contributed by atoms with van der Waals surface area (Å²) in [5, 5.41) is 42.0. The van der Waals surface area contributed by atoms with Gasteiger partial charge in [0, 0.05) is 37.7 Å². The highest BCUT2D eigenvalue weighted by Crippen LogP contribution is 2.26. The molecule has 2 heterocycles. The summed E-state index contributed by atoms with van der Waals surface area (Å²) in [5.41, 5.74) is 2.94. The van der Waals surface area contributed by atoms with Gasteiger partial charge in [-0.15, -0.1) is 0 Å². The number of hydrogen-bond acceptors (Lipinski definition) is 8. The zero-order valence-corrected chi connectivity index (χ0v) is 26.0. The highest BCUT2D eigenvalue weighted by Gasteiger charge is 2.30. The van der Waals surface area contributed by atoms with Gasteiger partial charge < -0.3 is 29.6 Å². The van der Waals surface area contributed by atoms with Crippen molar-refractivity contribution in [2.45, 2.75) is 91.6 Å². The summed E-state index contributed by atoms with van der Waals surface area (Å²) in [6, 6.07) is 0. The molecule has 9 nitrogen and oxygen atoms in total. The van der Waals surface area contributed by atoms with Crippen LogP contribution in [0.5, 0.6) is 0 Å². The van der Waals surface area contributed by atoms with Crippen LogP contribution < -0.4 is 0 Å². The van der Waals surface area contributed by atoms with Gasteiger partial charge in [-0.1, -0.05) is 56.4 Å². The van der Waals surface area contributed by atoms with Gasteiger partial charge >= 0.3 is 11.9 Å². The van der Waals surface area contributed by atoms with Crippen LogP contribution in [0.2, 0.25) is 0 Å². The summed E-state index contributed by atoms with van der Waals surface area (Å²) >= 11 is 0. The van der Waals surface area contributed by atoms with Gasteiger partial charge in [0.1, 0.15) is 18.1 Å². The topological polar surface area (TPSA) is 150 Å². The molecule has 0 saturated heterocycles. The van der Waals surface area contributed by atoms with Crippen LogP contribution in [0.1, 0.15) is 71.9 Å². The standard InChI is InChI=1S/C34H47NO8/c1-21(16-28-20-42-26(6)35-28)10-7-13-24(4)34(41)25(5)31-19-30(37)23(3)12-8-11-22(2)29(36)17-27(18-32(38)39)14-9-15-33(40)43-31/h7-13,15-16,20,22,25,27,29-31,34,36-37,41H,14,17-19H2,1-6H3,(H,38,39). The number of aryl methyl sites for hydroxylation is 1. The molecule has 0 radical (unpaired) electrons. The minimum absolute atomic E-state index is 0.0654. The Morgan fingerprint density at radius 3 is 2.58 bits per heavy atom. The van der Waals surface area contributed by atoms with E-state index >= 15 is 0 Å². The summed E-state index contributed by atoms with van der Waals surface area (Å²) in [7, 11) is 0. The Balaban J connectivity index is 2.26. The summed E-state index contributed by atoms with van der Waals surface area (Å²) in [5.74, 6) is -2.20. The number of aromatic nitrogens is 1. The molecule has 2 rings (SSSR count). The van der Waals surface area contributed by atoms with Crippen molar-refractivity contribution < 1.29 is 39.2 Å². The number of allylic oxidation sites excluding steroid dienone is 7. The Hall–Kier alpha value is -3.53. The third-order valence-corrected chi connectivity index (χ3v) is 7.67. The first kappa shape index (κ1) is 35.7. The molecule has 1 aliphatic heterocycles. The number of ether oxygens (including phenoxy) is 1. The lowest BCUT2D eigenvalue weighted by molar-refractivity contribution is -0.148. The number of nitrogens with zero attached hydrogens (tertiary/aromatic N) is 1. The first-order chi connectivity index (χ1) is 20.3. The number of aliphatic hydroxyl groups is 3. The predicted octanol–water partition coefficient (Wildman–Crippen LogP) is 5.49. The van der Waals surface area contributed by atoms with E-state index in [1.165, 1.54) is 6.08 Å². The number of esters is 1. The van der Waals surface area contributed by atoms with Crippen molar-refractivity contribution in [1.82, 2.24) is 4.98 Å². The van der Waals surface area contributed by atoms with Gasteiger partial charge in [0.25, 0.3) is 0 Å². The molecule has 7 atom stereocenters. The number of aliphatic hydroxyl groups excluding tert-OH is 3. The molecule has 0 saturated carbocycles. The van der Waals surface area contributed by atoms with Crippen molar-refractivity contribution in [2.24, 2.45) is 17.8 Å². The molecule has 0 bridgehead atoms. The number of cyclic esters (lactones) is 1. The zero-order chi connectivity index (χ0) is 32.1. The molecule has 236 valence electrons. The van der Waals surface area contributed by atoms with E-state index < -0.39 is 42.3 Å². The lowest BCUT2D eigenvalue weighted by atomic mass is 9.88. The number of carboxylic acid groups (broad SMARTS) is 1. The Morgan fingerprint density at radius 2 is 1.93 bits per heavy atom. The van der Waals surface area contributed by atoms with Crippen LogP contribution in [-0.2, 0) is 14.3 Å². The Bertz CT molecular complexity index is 1250. The SMILES string of the molecule is CC(C=CC=C(C)C(O)C(C)C1CC(O)C(C)=CC=CC(C)C(O)CC(CC(=O)O)CC=CC(=O)O1)=Cc1coc(C)n1. The van der Waals surface area contributed by atoms with E-state index in [4.69, 9.17) is 9.15 Å². The van der Waals surface area contributed by atoms with E-state index in [-0.39, 0.29) is 37.5 Å². The van der Waals surface area contributed by atoms with Gasteiger partial charge in [0.2, 0.25) is 0 Å². The lowest BCUT2D eigenvalue weighted by Crippen LogP contribution is -2.36. The smallest absolute Gasteiger partial charge is 0.330 e. The number of carbonyl (C=O) groups excluding carboxylic acids is 1. The number of aliphatic carboxylic acids is 1. The van der Waals surface area contributed by atoms with E-state index in [9.17, 15) is 30.0 Å². The fourth-order valence-corrected chi connectivity index (χ4v) is 4.81. The van der Waals surface area contributed by atoms with Gasteiger partial charge in [-0.2, -0.15) is 0 Å². The van der Waals surface area contributed by atoms with Gasteiger partial charge in [0.15, 0.2) is 5.89 Å². The third-order valence-electron chi connectivity index (χ3n) is 7.67. The van der Waals surface area contributed by atoms with Crippen molar-refractivity contribution in [1.29, 1.82) is 0 Å². The maximum absolute atomic E-state index is 12.8. The Morgan fingerprint density at radius 1 is 1.21 bits per heavy atom. The quantitative estimate of drug-likeness (QED) is 0.225. The number of oxazole rings is 1. The largest absolute Gasteiger partial charge is 0.481 e. The second-order valence-corrected chi connectivity index (χ2v) is 11.5. The van der Waals surface area contributed by atoms with Crippen LogP contribution in [-0.4, -0.2) is 61.8 Å². The van der Waals surface area contributed by atoms with E-state index in [0.717, 1.165) is 5.57 Å². The molecule has 0 aliphatic carbocycles. The van der Waals surface area contributed by atoms with Crippen molar-refractivity contribution in [3.05, 3.63) is 83.2 Å². The van der Waals surface area contributed by atoms with E-state index in [1.807, 2.05) is 38.2 Å². The minimum atomic E-state index is -0.976. The number of rotatable bonds is 8. The van der Waals surface area contributed by atoms with E-state index in [0.29, 0.717) is 22.7 Å². The molecule has 0 amide bonds. The molecule has 1 aromatic heterocycles. The molecule has 43 heavy (non-hydrogen) atoms. The number of hydrogen-bond donors (Lipinski definition) is 4. The van der Waals surface area contributed by atoms with Crippen molar-refractivity contribution in [3.63, 3.8) is 0 Å². The molecular formula is C34H47NO8. The molecule has 1 aliphatic rings. The average Bonchev–Trinajstić information content (AvgIpc) is 3.34. The first-order valence-electron chi connectivity index (χ1n) is 14.7. The van der Waals surface area contributed by atoms with Crippen molar-refractivity contribution in [3.8, 4) is 0 Å². The van der Waals surface area contributed by atoms with Gasteiger partial charge in [0.05, 0.1) is 18.3 Å². The molecule has 4 N–H and O–H groups in total. The number of carboxylic acids is 1. The van der Waals surface area contributed by atoms with Gasteiger partial charge in [-0.25, -0.2) is 9.78 Å². The van der Waals surface area contributed by atoms with E-state index in [1.54, 1.807) is 58.3 Å². The monoisotopic (exact) mass is 597 g/mol. The third kappa shape index (κ3) is 12.7. The predicted molar refractivity (Wildman–Crippen MR) is 166 cm³/mol. The highest BCUT2D eigenvalue weighted by molar-refractivity contribution is 5.82. The van der Waals surface area contributed by atoms with Gasteiger partial charge in [-0.05, 0) is 62.3 Å². The maximum Gasteiger partial charge on any atom is 0.330 e. The second kappa shape index (κ2) is 17.6. The fourth-order valence-electron chi connectivity index (χ4n) is 4.81. The zero-order valence-electron chi connectivity index (χ0n) is 26.0. The van der Waals surface area contributed by atoms with Crippen LogP contribution in [0.25, 0.3) is 6.08 Å². The van der Waals surface area contributed by atoms with Crippen molar-refractivity contribution >= 4 is 18.0 Å². The average molecular weight is 598 g/mol. The van der Waals surface area contributed by atoms with Crippen LogP contribution in [0.15, 0.2) is 76.0 Å². The molecule has 0 spiro atoms. The summed E-state index contributed by atoms with van der Waals surface area (Å²) in [6.45, 7) is 10.8. The van der Waals surface area contributed by atoms with Gasteiger partial charge in [-0.3, -0.25) is 4.79 Å². The second-order valence-electron chi connectivity index (χ2n) is 11.5. The molecule has 9 heteroatoms. The number of carbonyl (C=O) groups is 2. The fraction of sp³-hybridized carbons (Fsp3) is 0.500. The van der Waals surface area contributed by atoms with E-state index in [2.05, 4.69) is 4.98 Å². The summed E-state index contributed by atoms with van der Waals surface area (Å²) < 4.78 is 11.0. The molecule has 0 aromatic carbocycles. The molecule has 7 unspecified atom stereocenters. The maximum atomic E-state index is 12.8. The highest BCUT2D eigenvalue weighted by atomic mass is 16.5. The molecular weight excluding hydrogens is 550 g/mol. The molecule has 0 fully saturated rings. The Labute approximate surface area is 254 Å². The van der Waals surface area contributed by atoms with Crippen LogP contribution in [0.4, 0.5) is 0 Å². The first-order valence-corrected chi connectivity index (χ1v) is 14.7. The summed E-state index contributed by atoms with van der Waals surface area (Å²) in [4.78, 5) is 28.4. The molecule has 1 aromatic rings. The lowest BCUT2D eigenvalue weighted by Gasteiger charge is -2.30. The Kier molecular flexibility index (Phi) is 14.6. The van der Waals surface area contributed by atoms with Crippen molar-refractivity contribution in [2.75, 3.05) is 0 Å². The van der Waals surface area contributed by atoms with Crippen LogP contribution >= 0.6 is 0 Å². The van der Waals surface area contributed by atoms with Crippen LogP contribution in [0.3, 0.4) is 0 Å². The minimum Gasteiger partial charge on any atom is -0.481 e. The van der Waals surface area contributed by atoms with Crippen LogP contribution in [0, 0.1) is 24.7 Å². The summed E-state index contributed by atoms with van der Waals surface area (Å²) in [6.07, 6.45) is 14.0. The normalized spacial score (nSPS) is 26.7.